The van der Waals surface area contributed by atoms with Crippen LogP contribution in [0.1, 0.15) is 13.3 Å². The Morgan fingerprint density at radius 1 is 1.54 bits per heavy atom. The smallest absolute Gasteiger partial charge is 0.236 e. The third-order valence-electron chi connectivity index (χ3n) is 3.00. The van der Waals surface area contributed by atoms with Crippen LogP contribution in [-0.2, 0) is 4.79 Å². The van der Waals surface area contributed by atoms with Crippen molar-refractivity contribution in [1.29, 1.82) is 0 Å². The third-order valence-corrected chi connectivity index (χ3v) is 3.85. The summed E-state index contributed by atoms with van der Waals surface area (Å²) in [5, 5.41) is 0. The van der Waals surface area contributed by atoms with Gasteiger partial charge in [-0.25, -0.2) is 0 Å². The van der Waals surface area contributed by atoms with E-state index >= 15 is 0 Å². The lowest BCUT2D eigenvalue weighted by molar-refractivity contribution is -0.132. The first-order chi connectivity index (χ1) is 6.22. The lowest BCUT2D eigenvalue weighted by Crippen LogP contribution is -2.59. The topological polar surface area (TPSA) is 23.6 Å². The molecule has 0 spiro atoms. The summed E-state index contributed by atoms with van der Waals surface area (Å²) in [7, 11) is 0. The second-order valence-corrected chi connectivity index (χ2v) is 4.90. The van der Waals surface area contributed by atoms with Crippen molar-refractivity contribution in [3.63, 3.8) is 0 Å². The Labute approximate surface area is 87.2 Å². The molecular formula is C9H15BrN2O. The summed E-state index contributed by atoms with van der Waals surface area (Å²) in [6.45, 7) is 6.35. The number of carbonyl (C=O) groups excluding carboxylic acids is 1. The fourth-order valence-corrected chi connectivity index (χ4v) is 2.49. The molecule has 0 aromatic rings. The van der Waals surface area contributed by atoms with Crippen LogP contribution < -0.4 is 0 Å². The molecule has 0 bridgehead atoms. The highest BCUT2D eigenvalue weighted by Gasteiger charge is 2.39. The summed E-state index contributed by atoms with van der Waals surface area (Å²) < 4.78 is 0. The van der Waals surface area contributed by atoms with Gasteiger partial charge in [0.05, 0.1) is 10.9 Å². The Morgan fingerprint density at radius 2 is 2.23 bits per heavy atom. The van der Waals surface area contributed by atoms with E-state index in [1.54, 1.807) is 0 Å². The van der Waals surface area contributed by atoms with Crippen LogP contribution in [0.15, 0.2) is 0 Å². The molecule has 2 rings (SSSR count). The molecule has 2 saturated heterocycles. The standard InChI is InChI=1S/C9H15BrN2O/c1-2-11-5-7(6-11)12-4-3-8(10)9(12)13/h7-8H,2-6H2,1H3. The molecule has 2 aliphatic heterocycles. The van der Waals surface area contributed by atoms with Gasteiger partial charge in [0, 0.05) is 19.6 Å². The molecule has 0 N–H and O–H groups in total. The Kier molecular flexibility index (Phi) is 2.60. The highest BCUT2D eigenvalue weighted by atomic mass is 79.9. The highest BCUT2D eigenvalue weighted by Crippen LogP contribution is 2.24. The highest BCUT2D eigenvalue weighted by molar-refractivity contribution is 9.10. The maximum atomic E-state index is 11.6. The van der Waals surface area contributed by atoms with E-state index in [0.29, 0.717) is 11.9 Å². The van der Waals surface area contributed by atoms with E-state index in [4.69, 9.17) is 0 Å². The van der Waals surface area contributed by atoms with E-state index in [1.165, 1.54) is 0 Å². The van der Waals surface area contributed by atoms with Gasteiger partial charge in [0.15, 0.2) is 0 Å². The zero-order valence-corrected chi connectivity index (χ0v) is 9.46. The van der Waals surface area contributed by atoms with Crippen LogP contribution >= 0.6 is 15.9 Å². The monoisotopic (exact) mass is 246 g/mol. The van der Waals surface area contributed by atoms with Gasteiger partial charge in [0.2, 0.25) is 5.91 Å². The number of carbonyl (C=O) groups is 1. The number of nitrogens with zero attached hydrogens (tertiary/aromatic N) is 2. The van der Waals surface area contributed by atoms with Gasteiger partial charge in [0.1, 0.15) is 0 Å². The first-order valence-corrected chi connectivity index (χ1v) is 5.81. The molecule has 3 nitrogen and oxygen atoms in total. The van der Waals surface area contributed by atoms with Crippen LogP contribution in [0, 0.1) is 0 Å². The summed E-state index contributed by atoms with van der Waals surface area (Å²) in [6, 6.07) is 0.495. The van der Waals surface area contributed by atoms with Crippen molar-refractivity contribution in [2.24, 2.45) is 0 Å². The van der Waals surface area contributed by atoms with Crippen LogP contribution in [0.5, 0.6) is 0 Å². The predicted molar refractivity (Wildman–Crippen MR) is 54.9 cm³/mol. The Morgan fingerprint density at radius 3 is 2.69 bits per heavy atom. The van der Waals surface area contributed by atoms with Gasteiger partial charge in [-0.2, -0.15) is 0 Å². The summed E-state index contributed by atoms with van der Waals surface area (Å²) in [5.74, 6) is 0.292. The Balaban J connectivity index is 1.87. The quantitative estimate of drug-likeness (QED) is 0.670. The van der Waals surface area contributed by atoms with E-state index < -0.39 is 0 Å². The molecule has 74 valence electrons. The fraction of sp³-hybridized carbons (Fsp3) is 0.889. The zero-order chi connectivity index (χ0) is 9.42. The van der Waals surface area contributed by atoms with Gasteiger partial charge in [-0.05, 0) is 13.0 Å². The van der Waals surface area contributed by atoms with Gasteiger partial charge >= 0.3 is 0 Å². The number of hydrogen-bond acceptors (Lipinski definition) is 2. The minimum Gasteiger partial charge on any atom is -0.336 e. The molecule has 4 heteroatoms. The van der Waals surface area contributed by atoms with Gasteiger partial charge in [-0.1, -0.05) is 22.9 Å². The van der Waals surface area contributed by atoms with Crippen LogP contribution in [0.4, 0.5) is 0 Å². The van der Waals surface area contributed by atoms with Crippen molar-refractivity contribution >= 4 is 21.8 Å². The maximum Gasteiger partial charge on any atom is 0.236 e. The minimum atomic E-state index is 0.0863. The Hall–Kier alpha value is -0.0900. The Bertz CT molecular complexity index is 216. The molecule has 0 aromatic carbocycles. The van der Waals surface area contributed by atoms with Gasteiger partial charge in [-0.3, -0.25) is 9.69 Å². The van der Waals surface area contributed by atoms with Crippen molar-refractivity contribution in [3.05, 3.63) is 0 Å². The zero-order valence-electron chi connectivity index (χ0n) is 7.87. The van der Waals surface area contributed by atoms with E-state index in [2.05, 4.69) is 27.8 Å². The first kappa shape index (κ1) is 9.46. The second-order valence-electron chi connectivity index (χ2n) is 3.79. The maximum absolute atomic E-state index is 11.6. The summed E-state index contributed by atoms with van der Waals surface area (Å²) in [4.78, 5) is 16.1. The molecule has 13 heavy (non-hydrogen) atoms. The molecule has 2 heterocycles. The number of likely N-dealkylation sites (N-methyl/N-ethyl adjacent to an activating group) is 1. The van der Waals surface area contributed by atoms with E-state index in [1.807, 2.05) is 4.90 Å². The number of halogens is 1. The molecule has 1 amide bonds. The third kappa shape index (κ3) is 1.62. The van der Waals surface area contributed by atoms with Crippen molar-refractivity contribution < 1.29 is 4.79 Å². The molecule has 0 saturated carbocycles. The van der Waals surface area contributed by atoms with Crippen molar-refractivity contribution in [2.75, 3.05) is 26.2 Å². The fourth-order valence-electron chi connectivity index (χ4n) is 2.03. The summed E-state index contributed by atoms with van der Waals surface area (Å²) in [6.07, 6.45) is 0.974. The normalized spacial score (nSPS) is 31.1. The minimum absolute atomic E-state index is 0.0863. The second kappa shape index (κ2) is 3.58. The molecule has 0 aromatic heterocycles. The predicted octanol–water partition coefficient (Wildman–Crippen LogP) is 0.686. The van der Waals surface area contributed by atoms with Crippen molar-refractivity contribution in [3.8, 4) is 0 Å². The van der Waals surface area contributed by atoms with Crippen LogP contribution in [0.2, 0.25) is 0 Å². The van der Waals surface area contributed by atoms with Crippen LogP contribution in [0.25, 0.3) is 0 Å². The molecular weight excluding hydrogens is 232 g/mol. The molecule has 0 aliphatic carbocycles. The lowest BCUT2D eigenvalue weighted by atomic mass is 10.1. The SMILES string of the molecule is CCN1CC(N2CCC(Br)C2=O)C1. The molecule has 0 radical (unpaired) electrons. The average molecular weight is 247 g/mol. The number of alkyl halides is 1. The van der Waals surface area contributed by atoms with Gasteiger partial charge in [-0.15, -0.1) is 0 Å². The summed E-state index contributed by atoms with van der Waals surface area (Å²) in [5.41, 5.74) is 0. The molecule has 1 unspecified atom stereocenters. The molecule has 2 fully saturated rings. The van der Waals surface area contributed by atoms with Crippen molar-refractivity contribution in [2.45, 2.75) is 24.2 Å². The van der Waals surface area contributed by atoms with E-state index in [9.17, 15) is 4.79 Å². The average Bonchev–Trinajstić information content (AvgIpc) is 2.34. The number of likely N-dealkylation sites (tertiary alicyclic amines) is 2. The van der Waals surface area contributed by atoms with E-state index in [-0.39, 0.29) is 4.83 Å². The van der Waals surface area contributed by atoms with Crippen LogP contribution in [0.3, 0.4) is 0 Å². The first-order valence-electron chi connectivity index (χ1n) is 4.89. The van der Waals surface area contributed by atoms with Crippen LogP contribution in [-0.4, -0.2) is 52.8 Å². The van der Waals surface area contributed by atoms with Gasteiger partial charge < -0.3 is 4.90 Å². The van der Waals surface area contributed by atoms with Crippen molar-refractivity contribution in [1.82, 2.24) is 9.80 Å². The number of amides is 1. The van der Waals surface area contributed by atoms with E-state index in [0.717, 1.165) is 32.6 Å². The number of rotatable bonds is 2. The summed E-state index contributed by atoms with van der Waals surface area (Å²) >= 11 is 3.39. The molecule has 2 aliphatic rings. The lowest BCUT2D eigenvalue weighted by Gasteiger charge is -2.43. The number of hydrogen-bond donors (Lipinski definition) is 0. The molecule has 1 atom stereocenters. The van der Waals surface area contributed by atoms with Gasteiger partial charge in [0.25, 0.3) is 0 Å². The largest absolute Gasteiger partial charge is 0.336 e.